The molecule has 6 nitrogen and oxygen atoms in total. The van der Waals surface area contributed by atoms with Crippen molar-refractivity contribution in [3.8, 4) is 16.3 Å². The molecule has 1 aliphatic heterocycles. The van der Waals surface area contributed by atoms with Crippen molar-refractivity contribution in [2.45, 2.75) is 25.4 Å². The van der Waals surface area contributed by atoms with Gasteiger partial charge >= 0.3 is 0 Å². The van der Waals surface area contributed by atoms with Gasteiger partial charge in [0.2, 0.25) is 5.06 Å². The minimum absolute atomic E-state index is 0. The van der Waals surface area contributed by atoms with E-state index in [0.29, 0.717) is 5.06 Å². The van der Waals surface area contributed by atoms with Crippen LogP contribution in [-0.2, 0) is 0 Å². The van der Waals surface area contributed by atoms with Gasteiger partial charge in [-0.05, 0) is 56.6 Å². The van der Waals surface area contributed by atoms with Gasteiger partial charge in [0.1, 0.15) is 23.4 Å². The quantitative estimate of drug-likeness (QED) is 0.543. The SMILES string of the molecule is Cl.O=C(Nc1cnsc1OC1CCCNCC1)c1nc(-c2c(F)cccc2F)ccc1F. The van der Waals surface area contributed by atoms with Gasteiger partial charge in [0.15, 0.2) is 11.5 Å². The second-order valence-corrected chi connectivity index (χ2v) is 7.79. The van der Waals surface area contributed by atoms with Crippen LogP contribution in [0, 0.1) is 17.5 Å². The molecule has 2 N–H and O–H groups in total. The normalized spacial score (nSPS) is 16.0. The number of carbonyl (C=O) groups excluding carboxylic acids is 1. The van der Waals surface area contributed by atoms with Gasteiger partial charge in [0.05, 0.1) is 17.5 Å². The average molecular weight is 485 g/mol. The number of nitrogens with one attached hydrogen (secondary N) is 2. The van der Waals surface area contributed by atoms with E-state index in [0.717, 1.165) is 68.1 Å². The zero-order valence-corrected chi connectivity index (χ0v) is 18.4. The first-order valence-electron chi connectivity index (χ1n) is 9.77. The molecule has 1 aromatic carbocycles. The smallest absolute Gasteiger partial charge is 0.277 e. The summed E-state index contributed by atoms with van der Waals surface area (Å²) in [5, 5.41) is 6.25. The van der Waals surface area contributed by atoms with E-state index in [1.807, 2.05) is 0 Å². The fraction of sp³-hybridized carbons (Fsp3) is 0.286. The Labute approximate surface area is 192 Å². The Morgan fingerprint density at radius 3 is 2.66 bits per heavy atom. The summed E-state index contributed by atoms with van der Waals surface area (Å²) >= 11 is 1.07. The number of ether oxygens (including phenoxy) is 1. The summed E-state index contributed by atoms with van der Waals surface area (Å²) in [6.07, 6.45) is 4.04. The summed E-state index contributed by atoms with van der Waals surface area (Å²) in [6, 6.07) is 5.40. The predicted octanol–water partition coefficient (Wildman–Crippen LogP) is 4.82. The summed E-state index contributed by atoms with van der Waals surface area (Å²) in [4.78, 5) is 16.6. The molecule has 11 heteroatoms. The molecule has 1 saturated heterocycles. The Hall–Kier alpha value is -2.69. The lowest BCUT2D eigenvalue weighted by molar-refractivity contribution is 0.101. The second kappa shape index (κ2) is 10.8. The molecule has 170 valence electrons. The summed E-state index contributed by atoms with van der Waals surface area (Å²) < 4.78 is 52.5. The first-order valence-corrected chi connectivity index (χ1v) is 10.5. The number of hydrogen-bond acceptors (Lipinski definition) is 6. The first kappa shape index (κ1) is 24.0. The van der Waals surface area contributed by atoms with Crippen LogP contribution < -0.4 is 15.4 Å². The minimum Gasteiger partial charge on any atom is -0.478 e. The lowest BCUT2D eigenvalue weighted by Crippen LogP contribution is -2.20. The average Bonchev–Trinajstić information content (AvgIpc) is 3.00. The molecule has 3 aromatic rings. The number of anilines is 1. The van der Waals surface area contributed by atoms with Gasteiger partial charge in [-0.25, -0.2) is 18.2 Å². The highest BCUT2D eigenvalue weighted by Crippen LogP contribution is 2.32. The zero-order chi connectivity index (χ0) is 21.8. The van der Waals surface area contributed by atoms with Crippen LogP contribution in [0.4, 0.5) is 18.9 Å². The highest BCUT2D eigenvalue weighted by Gasteiger charge is 2.22. The van der Waals surface area contributed by atoms with Crippen LogP contribution in [0.25, 0.3) is 11.3 Å². The van der Waals surface area contributed by atoms with Crippen LogP contribution in [0.2, 0.25) is 0 Å². The molecule has 0 radical (unpaired) electrons. The van der Waals surface area contributed by atoms with E-state index in [2.05, 4.69) is 20.0 Å². The van der Waals surface area contributed by atoms with E-state index in [4.69, 9.17) is 4.74 Å². The Morgan fingerprint density at radius 1 is 1.09 bits per heavy atom. The summed E-state index contributed by atoms with van der Waals surface area (Å²) in [5.41, 5.74) is -0.917. The fourth-order valence-electron chi connectivity index (χ4n) is 3.32. The van der Waals surface area contributed by atoms with E-state index < -0.39 is 34.6 Å². The van der Waals surface area contributed by atoms with Gasteiger partial charge in [-0.15, -0.1) is 12.4 Å². The molecule has 0 spiro atoms. The summed E-state index contributed by atoms with van der Waals surface area (Å²) in [6.45, 7) is 1.76. The van der Waals surface area contributed by atoms with E-state index in [9.17, 15) is 18.0 Å². The van der Waals surface area contributed by atoms with E-state index in [1.54, 1.807) is 0 Å². The largest absolute Gasteiger partial charge is 0.478 e. The van der Waals surface area contributed by atoms with Crippen LogP contribution in [0.15, 0.2) is 36.5 Å². The number of carbonyl (C=O) groups is 1. The second-order valence-electron chi connectivity index (χ2n) is 7.03. The van der Waals surface area contributed by atoms with E-state index in [1.165, 1.54) is 12.3 Å². The van der Waals surface area contributed by atoms with Crippen molar-refractivity contribution in [3.63, 3.8) is 0 Å². The molecule has 0 bridgehead atoms. The van der Waals surface area contributed by atoms with Gasteiger partial charge in [0.25, 0.3) is 5.91 Å². The number of nitrogens with zero attached hydrogens (tertiary/aromatic N) is 2. The molecular weight excluding hydrogens is 465 g/mol. The molecular formula is C21H20ClF3N4O2S. The number of benzene rings is 1. The third-order valence-electron chi connectivity index (χ3n) is 4.86. The lowest BCUT2D eigenvalue weighted by Gasteiger charge is -2.16. The molecule has 3 heterocycles. The van der Waals surface area contributed by atoms with Crippen molar-refractivity contribution >= 4 is 35.5 Å². The molecule has 1 atom stereocenters. The van der Waals surface area contributed by atoms with Gasteiger partial charge in [-0.2, -0.15) is 4.37 Å². The molecule has 1 aliphatic rings. The van der Waals surface area contributed by atoms with Crippen LogP contribution in [0.1, 0.15) is 29.8 Å². The molecule has 32 heavy (non-hydrogen) atoms. The molecule has 1 fully saturated rings. The maximum Gasteiger partial charge on any atom is 0.277 e. The molecule has 0 saturated carbocycles. The van der Waals surface area contributed by atoms with Gasteiger partial charge in [0, 0.05) is 11.5 Å². The van der Waals surface area contributed by atoms with Crippen molar-refractivity contribution in [2.75, 3.05) is 18.4 Å². The minimum atomic E-state index is -0.918. The number of aromatic nitrogens is 2. The fourth-order valence-corrected chi connectivity index (χ4v) is 3.95. The first-order chi connectivity index (χ1) is 15.0. The molecule has 1 unspecified atom stereocenters. The van der Waals surface area contributed by atoms with Crippen molar-refractivity contribution < 1.29 is 22.7 Å². The third-order valence-corrected chi connectivity index (χ3v) is 5.55. The van der Waals surface area contributed by atoms with E-state index >= 15 is 0 Å². The van der Waals surface area contributed by atoms with E-state index in [-0.39, 0.29) is 29.9 Å². The number of hydrogen-bond donors (Lipinski definition) is 2. The van der Waals surface area contributed by atoms with Gasteiger partial charge < -0.3 is 15.4 Å². The van der Waals surface area contributed by atoms with Gasteiger partial charge in [-0.3, -0.25) is 4.79 Å². The summed E-state index contributed by atoms with van der Waals surface area (Å²) in [7, 11) is 0. The number of halogens is 4. The highest BCUT2D eigenvalue weighted by molar-refractivity contribution is 7.08. The van der Waals surface area contributed by atoms with Crippen LogP contribution in [-0.4, -0.2) is 34.5 Å². The standard InChI is InChI=1S/C21H19F3N4O2S.ClH/c22-13-4-1-5-14(23)18(13)16-7-6-15(24)19(27-16)20(29)28-17-11-26-31-21(17)30-12-3-2-9-25-10-8-12;/h1,4-7,11-12,25H,2-3,8-10H2,(H,28,29);1H. The Bertz CT molecular complexity index is 1070. The maximum atomic E-state index is 14.3. The molecule has 4 rings (SSSR count). The van der Waals surface area contributed by atoms with Crippen LogP contribution in [0.3, 0.4) is 0 Å². The topological polar surface area (TPSA) is 76.1 Å². The lowest BCUT2D eigenvalue weighted by atomic mass is 10.1. The van der Waals surface area contributed by atoms with Crippen molar-refractivity contribution in [3.05, 3.63) is 59.7 Å². The highest BCUT2D eigenvalue weighted by atomic mass is 35.5. The Morgan fingerprint density at radius 2 is 1.88 bits per heavy atom. The molecule has 0 aliphatic carbocycles. The van der Waals surface area contributed by atoms with Crippen molar-refractivity contribution in [1.29, 1.82) is 0 Å². The Kier molecular flexibility index (Phi) is 8.05. The number of rotatable bonds is 5. The van der Waals surface area contributed by atoms with Crippen molar-refractivity contribution in [1.82, 2.24) is 14.7 Å². The molecule has 2 aromatic heterocycles. The monoisotopic (exact) mass is 484 g/mol. The predicted molar refractivity (Wildman–Crippen MR) is 118 cm³/mol. The maximum absolute atomic E-state index is 14.3. The summed E-state index contributed by atoms with van der Waals surface area (Å²) in [5.74, 6) is -3.51. The van der Waals surface area contributed by atoms with Crippen LogP contribution in [0.5, 0.6) is 5.06 Å². The van der Waals surface area contributed by atoms with Crippen LogP contribution >= 0.6 is 23.9 Å². The molecule has 1 amide bonds. The third kappa shape index (κ3) is 5.37. The number of pyridine rings is 1. The van der Waals surface area contributed by atoms with Crippen molar-refractivity contribution in [2.24, 2.45) is 0 Å². The zero-order valence-electron chi connectivity index (χ0n) is 16.7. The van der Waals surface area contributed by atoms with Gasteiger partial charge in [-0.1, -0.05) is 6.07 Å². The Balaban J connectivity index is 0.00000289. The number of amides is 1.